The van der Waals surface area contributed by atoms with Crippen LogP contribution in [0.2, 0.25) is 0 Å². The molecule has 1 atom stereocenters. The van der Waals surface area contributed by atoms with Crippen molar-refractivity contribution in [3.63, 3.8) is 0 Å². The molecule has 0 unspecified atom stereocenters. The molecule has 25 heavy (non-hydrogen) atoms. The summed E-state index contributed by atoms with van der Waals surface area (Å²) < 4.78 is 11.8. The third-order valence-electron chi connectivity index (χ3n) is 4.82. The highest BCUT2D eigenvalue weighted by atomic mass is 79.9. The quantitative estimate of drug-likeness (QED) is 0.761. The predicted octanol–water partition coefficient (Wildman–Crippen LogP) is 2.21. The second kappa shape index (κ2) is 6.10. The van der Waals surface area contributed by atoms with Crippen molar-refractivity contribution in [3.05, 3.63) is 40.0 Å². The second-order valence-electron chi connectivity index (χ2n) is 6.79. The number of hydrogen-bond acceptors (Lipinski definition) is 6. The van der Waals surface area contributed by atoms with Crippen LogP contribution in [-0.4, -0.2) is 54.6 Å². The fourth-order valence-corrected chi connectivity index (χ4v) is 3.85. The number of likely N-dealkylation sites (tertiary alicyclic amines) is 1. The summed E-state index contributed by atoms with van der Waals surface area (Å²) in [7, 11) is 3.85. The lowest BCUT2D eigenvalue weighted by atomic mass is 9.80. The number of fused-ring (bicyclic) bond motifs is 2. The average molecular weight is 407 g/mol. The third-order valence-corrected chi connectivity index (χ3v) is 5.24. The molecular weight excluding hydrogens is 388 g/mol. The Kier molecular flexibility index (Phi) is 4.04. The van der Waals surface area contributed by atoms with Gasteiger partial charge in [-0.3, -0.25) is 4.79 Å². The predicted molar refractivity (Wildman–Crippen MR) is 94.6 cm³/mol. The number of aromatic nitrogens is 2. The molecule has 0 radical (unpaired) electrons. The highest BCUT2D eigenvalue weighted by molar-refractivity contribution is 9.10. The smallest absolute Gasteiger partial charge is 0.289 e. The molecule has 8 heteroatoms. The topological polar surface area (TPSA) is 71.7 Å². The molecule has 2 aromatic rings. The minimum atomic E-state index is -0.277. The van der Waals surface area contributed by atoms with Crippen molar-refractivity contribution < 1.29 is 13.9 Å². The Hall–Kier alpha value is -1.93. The molecule has 0 N–H and O–H groups in total. The lowest BCUT2D eigenvalue weighted by Gasteiger charge is -2.34. The molecule has 0 bridgehead atoms. The Bertz CT molecular complexity index is 822. The Balaban J connectivity index is 1.64. The van der Waals surface area contributed by atoms with Gasteiger partial charge in [-0.25, -0.2) is 9.97 Å². The number of anilines is 1. The van der Waals surface area contributed by atoms with Crippen molar-refractivity contribution in [2.24, 2.45) is 0 Å². The van der Waals surface area contributed by atoms with Crippen LogP contribution in [0.15, 0.2) is 27.4 Å². The number of carbonyl (C=O) groups excluding carboxylic acids is 1. The highest BCUT2D eigenvalue weighted by Crippen LogP contribution is 2.39. The van der Waals surface area contributed by atoms with E-state index in [0.29, 0.717) is 42.7 Å². The van der Waals surface area contributed by atoms with Crippen molar-refractivity contribution in [3.8, 4) is 0 Å². The van der Waals surface area contributed by atoms with Gasteiger partial charge in [-0.2, -0.15) is 0 Å². The van der Waals surface area contributed by atoms with Gasteiger partial charge >= 0.3 is 0 Å². The van der Waals surface area contributed by atoms with Crippen molar-refractivity contribution in [2.75, 3.05) is 38.7 Å². The lowest BCUT2D eigenvalue weighted by molar-refractivity contribution is 0.0479. The summed E-state index contributed by atoms with van der Waals surface area (Å²) >= 11 is 3.24. The molecule has 1 amide bonds. The molecule has 2 aliphatic heterocycles. The Morgan fingerprint density at radius 3 is 2.96 bits per heavy atom. The van der Waals surface area contributed by atoms with Crippen LogP contribution >= 0.6 is 15.9 Å². The van der Waals surface area contributed by atoms with E-state index in [2.05, 4.69) is 20.9 Å². The number of furan rings is 1. The van der Waals surface area contributed by atoms with Crippen molar-refractivity contribution in [1.82, 2.24) is 14.9 Å². The van der Waals surface area contributed by atoms with Crippen LogP contribution in [0.3, 0.4) is 0 Å². The van der Waals surface area contributed by atoms with Crippen LogP contribution in [0, 0.1) is 0 Å². The second-order valence-corrected chi connectivity index (χ2v) is 7.57. The standard InChI is InChI=1S/C17H19BrN4O3/c1-21(2)16-19-7-11-8-24-10-17(14(11)20-16)5-6-22(9-17)15(23)12-3-4-13(18)25-12/h3-4,7H,5-6,8-10H2,1-2H3/t17-/m0/s1. The normalized spacial score (nSPS) is 22.3. The zero-order chi connectivity index (χ0) is 17.6. The average Bonchev–Trinajstić information content (AvgIpc) is 3.22. The van der Waals surface area contributed by atoms with Gasteiger partial charge in [0.25, 0.3) is 5.91 Å². The molecule has 2 aliphatic rings. The van der Waals surface area contributed by atoms with E-state index in [9.17, 15) is 4.79 Å². The largest absolute Gasteiger partial charge is 0.444 e. The maximum Gasteiger partial charge on any atom is 0.289 e. The summed E-state index contributed by atoms with van der Waals surface area (Å²) in [5.41, 5.74) is 1.74. The molecule has 0 aliphatic carbocycles. The number of nitrogens with zero attached hydrogens (tertiary/aromatic N) is 4. The maximum absolute atomic E-state index is 12.7. The van der Waals surface area contributed by atoms with Gasteiger partial charge in [-0.05, 0) is 34.5 Å². The summed E-state index contributed by atoms with van der Waals surface area (Å²) in [4.78, 5) is 25.6. The van der Waals surface area contributed by atoms with Gasteiger partial charge in [-0.15, -0.1) is 0 Å². The SMILES string of the molecule is CN(C)c1ncc2c(n1)[C@]1(CCN(C(=O)c3ccc(Br)o3)C1)COC2. The van der Waals surface area contributed by atoms with Gasteiger partial charge in [0.05, 0.1) is 24.3 Å². The van der Waals surface area contributed by atoms with Crippen LogP contribution in [0.4, 0.5) is 5.95 Å². The molecule has 0 aromatic carbocycles. The molecule has 0 saturated carbocycles. The van der Waals surface area contributed by atoms with Crippen LogP contribution < -0.4 is 4.90 Å². The van der Waals surface area contributed by atoms with Gasteiger partial charge < -0.3 is 19.0 Å². The molecular formula is C17H19BrN4O3. The first-order valence-corrected chi connectivity index (χ1v) is 8.94. The molecule has 1 spiro atoms. The molecule has 1 fully saturated rings. The number of halogens is 1. The van der Waals surface area contributed by atoms with E-state index < -0.39 is 0 Å². The highest BCUT2D eigenvalue weighted by Gasteiger charge is 2.46. The zero-order valence-electron chi connectivity index (χ0n) is 14.2. The number of ether oxygens (including phenoxy) is 1. The van der Waals surface area contributed by atoms with Crippen LogP contribution in [0.5, 0.6) is 0 Å². The Morgan fingerprint density at radius 1 is 1.40 bits per heavy atom. The van der Waals surface area contributed by atoms with E-state index >= 15 is 0 Å². The maximum atomic E-state index is 12.7. The van der Waals surface area contributed by atoms with Gasteiger partial charge in [0.15, 0.2) is 10.4 Å². The number of amides is 1. The van der Waals surface area contributed by atoms with Crippen LogP contribution in [0.25, 0.3) is 0 Å². The lowest BCUT2D eigenvalue weighted by Crippen LogP contribution is -2.42. The van der Waals surface area contributed by atoms with Crippen molar-refractivity contribution in [2.45, 2.75) is 18.4 Å². The van der Waals surface area contributed by atoms with E-state index in [1.54, 1.807) is 12.1 Å². The fourth-order valence-electron chi connectivity index (χ4n) is 3.54. The number of carbonyl (C=O) groups is 1. The monoisotopic (exact) mass is 406 g/mol. The summed E-state index contributed by atoms with van der Waals surface area (Å²) in [6.07, 6.45) is 2.66. The molecule has 4 rings (SSSR count). The molecule has 4 heterocycles. The van der Waals surface area contributed by atoms with E-state index in [1.807, 2.05) is 30.1 Å². The van der Waals surface area contributed by atoms with E-state index in [0.717, 1.165) is 17.7 Å². The zero-order valence-corrected chi connectivity index (χ0v) is 15.7. The van der Waals surface area contributed by atoms with Crippen LogP contribution in [-0.2, 0) is 16.8 Å². The van der Waals surface area contributed by atoms with E-state index in [1.165, 1.54) is 0 Å². The summed E-state index contributed by atoms with van der Waals surface area (Å²) in [6.45, 7) is 2.31. The number of rotatable bonds is 2. The van der Waals surface area contributed by atoms with Gasteiger partial charge in [0, 0.05) is 38.9 Å². The number of hydrogen-bond donors (Lipinski definition) is 0. The van der Waals surface area contributed by atoms with Gasteiger partial charge in [-0.1, -0.05) is 0 Å². The molecule has 2 aromatic heterocycles. The Labute approximate surface area is 154 Å². The fraction of sp³-hybridized carbons (Fsp3) is 0.471. The van der Waals surface area contributed by atoms with E-state index in [4.69, 9.17) is 14.1 Å². The van der Waals surface area contributed by atoms with Gasteiger partial charge in [0.2, 0.25) is 5.95 Å². The first-order valence-electron chi connectivity index (χ1n) is 8.15. The van der Waals surface area contributed by atoms with Crippen molar-refractivity contribution >= 4 is 27.8 Å². The Morgan fingerprint density at radius 2 is 2.24 bits per heavy atom. The van der Waals surface area contributed by atoms with E-state index in [-0.39, 0.29) is 11.3 Å². The molecule has 132 valence electrons. The third kappa shape index (κ3) is 2.83. The van der Waals surface area contributed by atoms with Gasteiger partial charge in [0.1, 0.15) is 0 Å². The molecule has 7 nitrogen and oxygen atoms in total. The summed E-state index contributed by atoms with van der Waals surface area (Å²) in [5.74, 6) is 0.925. The summed E-state index contributed by atoms with van der Waals surface area (Å²) in [6, 6.07) is 3.42. The van der Waals surface area contributed by atoms with Crippen molar-refractivity contribution in [1.29, 1.82) is 0 Å². The van der Waals surface area contributed by atoms with Crippen LogP contribution in [0.1, 0.15) is 28.2 Å². The minimum Gasteiger partial charge on any atom is -0.444 e. The summed E-state index contributed by atoms with van der Waals surface area (Å²) in [5, 5.41) is 0. The first kappa shape index (κ1) is 16.5. The molecule has 1 saturated heterocycles. The first-order chi connectivity index (χ1) is 12.0. The minimum absolute atomic E-state index is 0.100.